The number of nitriles is 1. The van der Waals surface area contributed by atoms with Crippen molar-refractivity contribution < 1.29 is 19.3 Å². The molecule has 10 heteroatoms. The molecule has 3 amide bonds. The van der Waals surface area contributed by atoms with Crippen LogP contribution in [-0.2, 0) is 4.79 Å². The minimum atomic E-state index is -0.907. The molecule has 0 saturated carbocycles. The van der Waals surface area contributed by atoms with Crippen molar-refractivity contribution in [2.24, 2.45) is 0 Å². The van der Waals surface area contributed by atoms with Crippen LogP contribution in [0.3, 0.4) is 0 Å². The Balaban J connectivity index is 1.50. The number of hydrogen-bond donors (Lipinski definition) is 1. The molecular formula is C24H15ClN4O5. The number of carbonyl (C=O) groups excluding carboxylic acids is 3. The Kier molecular flexibility index (Phi) is 6.08. The summed E-state index contributed by atoms with van der Waals surface area (Å²) in [5.74, 6) is -2.99. The molecular weight excluding hydrogens is 460 g/mol. The van der Waals surface area contributed by atoms with E-state index in [1.807, 2.05) is 30.3 Å². The zero-order valence-electron chi connectivity index (χ0n) is 17.4. The number of anilines is 1. The van der Waals surface area contributed by atoms with Crippen molar-refractivity contribution in [2.75, 3.05) is 11.9 Å². The number of nitrogens with zero attached hydrogens (tertiary/aromatic N) is 3. The van der Waals surface area contributed by atoms with Crippen LogP contribution in [0.4, 0.5) is 11.4 Å². The Morgan fingerprint density at radius 2 is 1.82 bits per heavy atom. The summed E-state index contributed by atoms with van der Waals surface area (Å²) in [6.45, 7) is -0.631. The fourth-order valence-electron chi connectivity index (χ4n) is 3.76. The molecule has 1 unspecified atom stereocenters. The van der Waals surface area contributed by atoms with Crippen molar-refractivity contribution >= 4 is 40.7 Å². The number of nitro groups is 1. The van der Waals surface area contributed by atoms with Gasteiger partial charge in [0.1, 0.15) is 12.1 Å². The number of nitrogens with one attached hydrogen (secondary N) is 1. The zero-order chi connectivity index (χ0) is 24.4. The van der Waals surface area contributed by atoms with E-state index in [1.165, 1.54) is 18.2 Å². The van der Waals surface area contributed by atoms with E-state index < -0.39 is 40.8 Å². The highest BCUT2D eigenvalue weighted by Gasteiger charge is 2.41. The van der Waals surface area contributed by atoms with Crippen molar-refractivity contribution in [1.82, 2.24) is 4.90 Å². The maximum atomic E-state index is 12.6. The van der Waals surface area contributed by atoms with Gasteiger partial charge < -0.3 is 5.32 Å². The van der Waals surface area contributed by atoms with Gasteiger partial charge in [-0.1, -0.05) is 54.1 Å². The number of nitro benzene ring substituents is 1. The predicted octanol–water partition coefficient (Wildman–Crippen LogP) is 4.14. The van der Waals surface area contributed by atoms with Crippen LogP contribution < -0.4 is 5.32 Å². The summed E-state index contributed by atoms with van der Waals surface area (Å²) in [5, 5.41) is 23.6. The molecule has 3 aromatic carbocycles. The smallest absolute Gasteiger partial charge is 0.282 e. The van der Waals surface area contributed by atoms with Gasteiger partial charge in [0.2, 0.25) is 5.91 Å². The average Bonchev–Trinajstić information content (AvgIpc) is 3.06. The van der Waals surface area contributed by atoms with E-state index in [1.54, 1.807) is 12.1 Å². The Morgan fingerprint density at radius 1 is 1.09 bits per heavy atom. The lowest BCUT2D eigenvalue weighted by molar-refractivity contribution is -0.385. The molecule has 1 aliphatic heterocycles. The highest BCUT2D eigenvalue weighted by molar-refractivity contribution is 6.32. The van der Waals surface area contributed by atoms with Crippen molar-refractivity contribution in [2.45, 2.75) is 5.92 Å². The van der Waals surface area contributed by atoms with Gasteiger partial charge in [0.05, 0.1) is 22.5 Å². The molecule has 1 atom stereocenters. The van der Waals surface area contributed by atoms with E-state index in [0.717, 1.165) is 11.6 Å². The summed E-state index contributed by atoms with van der Waals surface area (Å²) < 4.78 is 0. The maximum Gasteiger partial charge on any atom is 0.282 e. The van der Waals surface area contributed by atoms with Gasteiger partial charge in [-0.3, -0.25) is 29.4 Å². The van der Waals surface area contributed by atoms with E-state index in [2.05, 4.69) is 11.4 Å². The molecule has 4 rings (SSSR count). The Bertz CT molecular complexity index is 1380. The molecule has 0 aliphatic carbocycles. The molecule has 0 bridgehead atoms. The Hall–Kier alpha value is -4.55. The third kappa shape index (κ3) is 4.10. The van der Waals surface area contributed by atoms with Crippen LogP contribution in [0.2, 0.25) is 5.02 Å². The van der Waals surface area contributed by atoms with E-state index in [0.29, 0.717) is 16.2 Å². The minimum Gasteiger partial charge on any atom is -0.324 e. The molecule has 1 aliphatic rings. The number of hydrogen-bond acceptors (Lipinski definition) is 6. The fourth-order valence-corrected chi connectivity index (χ4v) is 4.05. The molecule has 0 radical (unpaired) electrons. The summed E-state index contributed by atoms with van der Waals surface area (Å²) >= 11 is 6.38. The van der Waals surface area contributed by atoms with E-state index in [9.17, 15) is 29.8 Å². The third-order valence-electron chi connectivity index (χ3n) is 5.33. The quantitative estimate of drug-likeness (QED) is 0.324. The van der Waals surface area contributed by atoms with Gasteiger partial charge in [0, 0.05) is 16.8 Å². The largest absolute Gasteiger partial charge is 0.324 e. The number of fused-ring (bicyclic) bond motifs is 1. The van der Waals surface area contributed by atoms with Gasteiger partial charge >= 0.3 is 0 Å². The van der Waals surface area contributed by atoms with Crippen LogP contribution in [0.25, 0.3) is 0 Å². The molecule has 9 nitrogen and oxygen atoms in total. The molecule has 0 spiro atoms. The summed E-state index contributed by atoms with van der Waals surface area (Å²) in [5.41, 5.74) is 0.672. The monoisotopic (exact) mass is 474 g/mol. The molecule has 0 aromatic heterocycles. The van der Waals surface area contributed by atoms with Crippen LogP contribution in [0.1, 0.15) is 37.8 Å². The number of benzene rings is 3. The number of amides is 3. The molecule has 0 fully saturated rings. The first-order chi connectivity index (χ1) is 16.3. The third-order valence-corrected chi connectivity index (χ3v) is 5.66. The summed E-state index contributed by atoms with van der Waals surface area (Å²) in [7, 11) is 0. The highest BCUT2D eigenvalue weighted by Crippen LogP contribution is 2.33. The lowest BCUT2D eigenvalue weighted by Crippen LogP contribution is -2.37. The number of rotatable bonds is 6. The topological polar surface area (TPSA) is 133 Å². The van der Waals surface area contributed by atoms with Crippen molar-refractivity contribution in [3.63, 3.8) is 0 Å². The van der Waals surface area contributed by atoms with Crippen LogP contribution >= 0.6 is 11.6 Å². The second-order valence-electron chi connectivity index (χ2n) is 7.41. The van der Waals surface area contributed by atoms with Crippen LogP contribution in [0.15, 0.2) is 66.7 Å². The normalized spacial score (nSPS) is 13.2. The Morgan fingerprint density at radius 3 is 2.47 bits per heavy atom. The lowest BCUT2D eigenvalue weighted by Gasteiger charge is -2.15. The van der Waals surface area contributed by atoms with Gasteiger partial charge in [-0.15, -0.1) is 0 Å². The number of imide groups is 1. The zero-order valence-corrected chi connectivity index (χ0v) is 18.2. The van der Waals surface area contributed by atoms with Crippen molar-refractivity contribution in [1.29, 1.82) is 5.26 Å². The average molecular weight is 475 g/mol. The maximum absolute atomic E-state index is 12.6. The first-order valence-corrected chi connectivity index (χ1v) is 10.4. The molecule has 168 valence electrons. The SMILES string of the molecule is N#CC(c1ccccc1)c1ccc(NC(=O)CN2C(=O)c3cccc([N+](=O)[O-])c3C2=O)cc1Cl. The standard InChI is InChI=1S/C24H15ClN4O5/c25-19-11-15(9-10-16(19)18(12-26)14-5-2-1-3-6-14)27-21(30)13-28-23(31)17-7-4-8-20(29(33)34)22(17)24(28)32/h1-11,18H,13H2,(H,27,30). The molecule has 34 heavy (non-hydrogen) atoms. The predicted molar refractivity (Wildman–Crippen MR) is 122 cm³/mol. The summed E-state index contributed by atoms with van der Waals surface area (Å²) in [6.07, 6.45) is 0. The first kappa shape index (κ1) is 22.6. The van der Waals surface area contributed by atoms with Crippen molar-refractivity contribution in [3.8, 4) is 6.07 Å². The second kappa shape index (κ2) is 9.13. The highest BCUT2D eigenvalue weighted by atomic mass is 35.5. The molecule has 0 saturated heterocycles. The number of carbonyl (C=O) groups is 3. The van der Waals surface area contributed by atoms with E-state index in [4.69, 9.17) is 11.6 Å². The Labute approximate surface area is 198 Å². The fraction of sp³-hybridized carbons (Fsp3) is 0.0833. The van der Waals surface area contributed by atoms with Crippen LogP contribution in [-0.4, -0.2) is 34.1 Å². The second-order valence-corrected chi connectivity index (χ2v) is 7.82. The van der Waals surface area contributed by atoms with Gasteiger partial charge in [-0.25, -0.2) is 0 Å². The van der Waals surface area contributed by atoms with Gasteiger partial charge in [-0.05, 0) is 29.3 Å². The van der Waals surface area contributed by atoms with Crippen molar-refractivity contribution in [3.05, 3.63) is 104 Å². The van der Waals surface area contributed by atoms with Crippen LogP contribution in [0.5, 0.6) is 0 Å². The summed E-state index contributed by atoms with van der Waals surface area (Å²) in [6, 6.07) is 19.7. The van der Waals surface area contributed by atoms with Gasteiger partial charge in [0.25, 0.3) is 17.5 Å². The number of halogens is 1. The first-order valence-electron chi connectivity index (χ1n) is 9.99. The van der Waals surface area contributed by atoms with Gasteiger partial charge in [-0.2, -0.15) is 5.26 Å². The van der Waals surface area contributed by atoms with Gasteiger partial charge in [0.15, 0.2) is 0 Å². The molecule has 1 heterocycles. The van der Waals surface area contributed by atoms with E-state index >= 15 is 0 Å². The minimum absolute atomic E-state index is 0.122. The molecule has 3 aromatic rings. The summed E-state index contributed by atoms with van der Waals surface area (Å²) in [4.78, 5) is 48.9. The van der Waals surface area contributed by atoms with E-state index in [-0.39, 0.29) is 16.1 Å². The van der Waals surface area contributed by atoms with Crippen LogP contribution in [0, 0.1) is 21.4 Å². The molecule has 1 N–H and O–H groups in total. The lowest BCUT2D eigenvalue weighted by atomic mass is 9.92.